The van der Waals surface area contributed by atoms with Gasteiger partial charge in [0.2, 0.25) is 10.0 Å². The van der Waals surface area contributed by atoms with E-state index in [0.717, 1.165) is 31.4 Å². The van der Waals surface area contributed by atoms with E-state index in [1.54, 1.807) is 4.31 Å². The Morgan fingerprint density at radius 2 is 1.68 bits per heavy atom. The number of hydrogen-bond donors (Lipinski definition) is 2. The number of guanidine groups is 1. The fraction of sp³-hybridized carbons (Fsp3) is 0.941. The van der Waals surface area contributed by atoms with Crippen LogP contribution >= 0.6 is 0 Å². The molecular weight excluding hydrogens is 338 g/mol. The summed E-state index contributed by atoms with van der Waals surface area (Å²) in [6.07, 6.45) is 8.27. The van der Waals surface area contributed by atoms with E-state index < -0.39 is 10.0 Å². The maximum Gasteiger partial charge on any atom is 0.211 e. The minimum atomic E-state index is -3.04. The maximum atomic E-state index is 11.6. The van der Waals surface area contributed by atoms with Crippen LogP contribution in [0.25, 0.3) is 0 Å². The van der Waals surface area contributed by atoms with E-state index in [1.165, 1.54) is 45.0 Å². The van der Waals surface area contributed by atoms with E-state index in [-0.39, 0.29) is 0 Å². The SMILES string of the molecule is CN=C(NCC1CCN(S(C)(=O)=O)CC1)NC1CCN(C2CC2)CC1. The molecular formula is C17H33N5O2S. The molecule has 2 heterocycles. The maximum absolute atomic E-state index is 11.6. The van der Waals surface area contributed by atoms with Crippen LogP contribution in [-0.4, -0.2) is 81.7 Å². The molecule has 8 heteroatoms. The molecule has 0 unspecified atom stereocenters. The third-order valence-electron chi connectivity index (χ3n) is 5.76. The molecule has 25 heavy (non-hydrogen) atoms. The highest BCUT2D eigenvalue weighted by Gasteiger charge is 2.32. The van der Waals surface area contributed by atoms with Gasteiger partial charge in [-0.2, -0.15) is 0 Å². The molecule has 1 aliphatic carbocycles. The zero-order valence-electron chi connectivity index (χ0n) is 15.6. The fourth-order valence-electron chi connectivity index (χ4n) is 3.92. The van der Waals surface area contributed by atoms with Crippen molar-refractivity contribution in [1.29, 1.82) is 0 Å². The molecule has 2 N–H and O–H groups in total. The predicted molar refractivity (Wildman–Crippen MR) is 101 cm³/mol. The van der Waals surface area contributed by atoms with Crippen LogP contribution in [0.2, 0.25) is 0 Å². The van der Waals surface area contributed by atoms with Gasteiger partial charge in [-0.05, 0) is 44.4 Å². The molecule has 3 rings (SSSR count). The van der Waals surface area contributed by atoms with Crippen molar-refractivity contribution >= 4 is 16.0 Å². The third kappa shape index (κ3) is 5.56. The highest BCUT2D eigenvalue weighted by Crippen LogP contribution is 2.29. The molecule has 1 saturated carbocycles. The van der Waals surface area contributed by atoms with Crippen molar-refractivity contribution in [1.82, 2.24) is 19.8 Å². The smallest absolute Gasteiger partial charge is 0.211 e. The van der Waals surface area contributed by atoms with Crippen LogP contribution in [0.15, 0.2) is 4.99 Å². The Bertz CT molecular complexity index is 560. The standard InChI is InChI=1S/C17H33N5O2S/c1-18-17(20-15-7-9-21(10-8-15)16-3-4-16)19-13-14-5-11-22(12-6-14)25(2,23)24/h14-16H,3-13H2,1-2H3,(H2,18,19,20). The van der Waals surface area contributed by atoms with E-state index >= 15 is 0 Å². The van der Waals surface area contributed by atoms with Gasteiger partial charge in [-0.25, -0.2) is 12.7 Å². The number of aliphatic imine (C=N–C) groups is 1. The first kappa shape index (κ1) is 18.9. The van der Waals surface area contributed by atoms with Gasteiger partial charge in [0.1, 0.15) is 0 Å². The summed E-state index contributed by atoms with van der Waals surface area (Å²) in [6, 6.07) is 1.38. The summed E-state index contributed by atoms with van der Waals surface area (Å²) in [5, 5.41) is 7.01. The van der Waals surface area contributed by atoms with Crippen LogP contribution in [0, 0.1) is 5.92 Å². The van der Waals surface area contributed by atoms with Crippen molar-refractivity contribution in [3.05, 3.63) is 0 Å². The lowest BCUT2D eigenvalue weighted by Crippen LogP contribution is -2.50. The predicted octanol–water partition coefficient (Wildman–Crippen LogP) is 0.450. The van der Waals surface area contributed by atoms with Crippen LogP contribution in [-0.2, 0) is 10.0 Å². The molecule has 0 amide bonds. The van der Waals surface area contributed by atoms with Gasteiger partial charge in [-0.1, -0.05) is 0 Å². The normalized spacial score (nSPS) is 25.9. The van der Waals surface area contributed by atoms with Gasteiger partial charge in [0.05, 0.1) is 6.26 Å². The molecule has 0 aromatic heterocycles. The Morgan fingerprint density at radius 3 is 2.20 bits per heavy atom. The lowest BCUT2D eigenvalue weighted by Gasteiger charge is -2.34. The van der Waals surface area contributed by atoms with Crippen LogP contribution in [0.4, 0.5) is 0 Å². The number of nitrogens with zero attached hydrogens (tertiary/aromatic N) is 3. The average Bonchev–Trinajstić information content (AvgIpc) is 3.44. The Labute approximate surface area is 152 Å². The number of hydrogen-bond acceptors (Lipinski definition) is 4. The highest BCUT2D eigenvalue weighted by molar-refractivity contribution is 7.88. The van der Waals surface area contributed by atoms with E-state index in [9.17, 15) is 8.42 Å². The molecule has 0 aromatic carbocycles. The van der Waals surface area contributed by atoms with Crippen LogP contribution in [0.1, 0.15) is 38.5 Å². The lowest BCUT2D eigenvalue weighted by atomic mass is 9.98. The van der Waals surface area contributed by atoms with Crippen molar-refractivity contribution in [3.8, 4) is 0 Å². The van der Waals surface area contributed by atoms with Crippen LogP contribution in [0.5, 0.6) is 0 Å². The minimum absolute atomic E-state index is 0.508. The molecule has 0 spiro atoms. The van der Waals surface area contributed by atoms with E-state index in [0.29, 0.717) is 25.0 Å². The minimum Gasteiger partial charge on any atom is -0.356 e. The number of piperidine rings is 2. The van der Waals surface area contributed by atoms with E-state index in [4.69, 9.17) is 0 Å². The number of sulfonamides is 1. The first-order valence-corrected chi connectivity index (χ1v) is 11.5. The van der Waals surface area contributed by atoms with Gasteiger partial charge < -0.3 is 15.5 Å². The van der Waals surface area contributed by atoms with E-state index in [2.05, 4.69) is 20.5 Å². The molecule has 0 radical (unpaired) electrons. The van der Waals surface area contributed by atoms with Crippen molar-refractivity contribution in [2.75, 3.05) is 46.0 Å². The summed E-state index contributed by atoms with van der Waals surface area (Å²) in [4.78, 5) is 6.99. The number of likely N-dealkylation sites (tertiary alicyclic amines) is 1. The van der Waals surface area contributed by atoms with Crippen molar-refractivity contribution in [3.63, 3.8) is 0 Å². The third-order valence-corrected chi connectivity index (χ3v) is 7.06. The summed E-state index contributed by atoms with van der Waals surface area (Å²) in [7, 11) is -1.22. The zero-order chi connectivity index (χ0) is 17.9. The first-order valence-electron chi connectivity index (χ1n) is 9.62. The monoisotopic (exact) mass is 371 g/mol. The Kier molecular flexibility index (Phi) is 6.22. The largest absolute Gasteiger partial charge is 0.356 e. The van der Waals surface area contributed by atoms with Crippen LogP contribution < -0.4 is 10.6 Å². The van der Waals surface area contributed by atoms with Gasteiger partial charge in [0.25, 0.3) is 0 Å². The second kappa shape index (κ2) is 8.22. The lowest BCUT2D eigenvalue weighted by molar-refractivity contribution is 0.197. The van der Waals surface area contributed by atoms with Crippen molar-refractivity contribution < 1.29 is 8.42 Å². The molecule has 0 aromatic rings. The van der Waals surface area contributed by atoms with Gasteiger partial charge in [-0.3, -0.25) is 4.99 Å². The molecule has 2 aliphatic heterocycles. The Hall–Kier alpha value is -0.860. The Morgan fingerprint density at radius 1 is 1.04 bits per heavy atom. The average molecular weight is 372 g/mol. The summed E-state index contributed by atoms with van der Waals surface area (Å²) in [5.74, 6) is 1.39. The van der Waals surface area contributed by atoms with Crippen LogP contribution in [0.3, 0.4) is 0 Å². The molecule has 144 valence electrons. The number of rotatable bonds is 5. The fourth-order valence-corrected chi connectivity index (χ4v) is 4.80. The van der Waals surface area contributed by atoms with Crippen molar-refractivity contribution in [2.24, 2.45) is 10.9 Å². The molecule has 2 saturated heterocycles. The highest BCUT2D eigenvalue weighted by atomic mass is 32.2. The molecule has 0 atom stereocenters. The molecule has 7 nitrogen and oxygen atoms in total. The molecule has 3 aliphatic rings. The quantitative estimate of drug-likeness (QED) is 0.542. The van der Waals surface area contributed by atoms with Gasteiger partial charge >= 0.3 is 0 Å². The summed E-state index contributed by atoms with van der Waals surface area (Å²) < 4.78 is 24.7. The summed E-state index contributed by atoms with van der Waals surface area (Å²) >= 11 is 0. The second-order valence-corrected chi connectivity index (χ2v) is 9.73. The zero-order valence-corrected chi connectivity index (χ0v) is 16.4. The molecule has 3 fully saturated rings. The van der Waals surface area contributed by atoms with Gasteiger partial charge in [0.15, 0.2) is 5.96 Å². The molecule has 0 bridgehead atoms. The second-order valence-electron chi connectivity index (χ2n) is 7.74. The van der Waals surface area contributed by atoms with Gasteiger partial charge in [-0.15, -0.1) is 0 Å². The Balaban J connectivity index is 1.36. The summed E-state index contributed by atoms with van der Waals surface area (Å²) in [5.41, 5.74) is 0. The first-order chi connectivity index (χ1) is 12.0. The van der Waals surface area contributed by atoms with Gasteiger partial charge in [0, 0.05) is 51.9 Å². The van der Waals surface area contributed by atoms with E-state index in [1.807, 2.05) is 7.05 Å². The topological polar surface area (TPSA) is 77.0 Å². The summed E-state index contributed by atoms with van der Waals surface area (Å²) in [6.45, 7) is 4.53. The van der Waals surface area contributed by atoms with Crippen molar-refractivity contribution in [2.45, 2.75) is 50.6 Å². The number of nitrogens with one attached hydrogen (secondary N) is 2.